The number of hydrogen-bond donors (Lipinski definition) is 1. The summed E-state index contributed by atoms with van der Waals surface area (Å²) in [5, 5.41) is 10.7. The van der Waals surface area contributed by atoms with Crippen molar-refractivity contribution in [3.63, 3.8) is 0 Å². The lowest BCUT2D eigenvalue weighted by molar-refractivity contribution is -0.00484. The molecular formula is C19H14O7. The number of ether oxygens (including phenoxy) is 4. The minimum absolute atomic E-state index is 0.0589. The first-order chi connectivity index (χ1) is 12.6. The SMILES string of the molecule is COc1ccc(O)c2oc3c4c(cc(OC)c3c(=O)c12)O[C@@H]1OC=C[C@@H]41. The number of phenolic OH excluding ortho intramolecular Hbond substituents is 1. The summed E-state index contributed by atoms with van der Waals surface area (Å²) < 4.78 is 27.9. The van der Waals surface area contributed by atoms with Gasteiger partial charge in [0, 0.05) is 6.07 Å². The molecule has 5 rings (SSSR count). The van der Waals surface area contributed by atoms with Gasteiger partial charge in [-0.3, -0.25) is 4.79 Å². The Labute approximate surface area is 146 Å². The number of hydrogen-bond acceptors (Lipinski definition) is 7. The Balaban J connectivity index is 2.00. The van der Waals surface area contributed by atoms with Crippen molar-refractivity contribution in [1.82, 2.24) is 0 Å². The first-order valence-electron chi connectivity index (χ1n) is 8.00. The Morgan fingerprint density at radius 3 is 2.62 bits per heavy atom. The number of phenols is 1. The fourth-order valence-corrected chi connectivity index (χ4v) is 3.63. The van der Waals surface area contributed by atoms with Crippen LogP contribution in [-0.4, -0.2) is 25.6 Å². The molecule has 3 aromatic rings. The van der Waals surface area contributed by atoms with Crippen molar-refractivity contribution in [2.75, 3.05) is 14.2 Å². The smallest absolute Gasteiger partial charge is 0.250 e. The van der Waals surface area contributed by atoms with Crippen LogP contribution >= 0.6 is 0 Å². The Kier molecular flexibility index (Phi) is 2.92. The third-order valence-corrected chi connectivity index (χ3v) is 4.81. The average Bonchev–Trinajstić information content (AvgIpc) is 3.22. The van der Waals surface area contributed by atoms with Crippen molar-refractivity contribution in [2.24, 2.45) is 0 Å². The van der Waals surface area contributed by atoms with Crippen LogP contribution in [0.4, 0.5) is 0 Å². The third kappa shape index (κ3) is 1.74. The first kappa shape index (κ1) is 14.9. The second-order valence-electron chi connectivity index (χ2n) is 6.09. The summed E-state index contributed by atoms with van der Waals surface area (Å²) in [4.78, 5) is 13.3. The molecule has 2 aliphatic rings. The fraction of sp³-hybridized carbons (Fsp3) is 0.211. The van der Waals surface area contributed by atoms with Gasteiger partial charge in [-0.25, -0.2) is 0 Å². The molecule has 26 heavy (non-hydrogen) atoms. The van der Waals surface area contributed by atoms with Crippen LogP contribution in [0.2, 0.25) is 0 Å². The molecule has 0 saturated carbocycles. The van der Waals surface area contributed by atoms with Crippen LogP contribution in [0.3, 0.4) is 0 Å². The van der Waals surface area contributed by atoms with Crippen molar-refractivity contribution in [3.05, 3.63) is 46.3 Å². The summed E-state index contributed by atoms with van der Waals surface area (Å²) in [7, 11) is 2.92. The molecule has 0 aliphatic carbocycles. The van der Waals surface area contributed by atoms with Gasteiger partial charge in [0.05, 0.1) is 32.0 Å². The predicted octanol–water partition coefficient (Wildman–Crippen LogP) is 3.02. The van der Waals surface area contributed by atoms with Gasteiger partial charge >= 0.3 is 0 Å². The predicted molar refractivity (Wildman–Crippen MR) is 92.1 cm³/mol. The molecule has 2 aromatic carbocycles. The lowest BCUT2D eigenvalue weighted by Gasteiger charge is -2.12. The highest BCUT2D eigenvalue weighted by atomic mass is 16.7. The van der Waals surface area contributed by atoms with Crippen LogP contribution in [0, 0.1) is 0 Å². The molecule has 3 heterocycles. The van der Waals surface area contributed by atoms with E-state index in [9.17, 15) is 9.90 Å². The molecule has 0 radical (unpaired) electrons. The van der Waals surface area contributed by atoms with Crippen molar-refractivity contribution in [2.45, 2.75) is 12.2 Å². The third-order valence-electron chi connectivity index (χ3n) is 4.81. The summed E-state index contributed by atoms with van der Waals surface area (Å²) in [6.07, 6.45) is 2.91. The van der Waals surface area contributed by atoms with E-state index in [0.29, 0.717) is 28.4 Å². The zero-order chi connectivity index (χ0) is 18.0. The van der Waals surface area contributed by atoms with Crippen LogP contribution in [0.25, 0.3) is 21.9 Å². The highest BCUT2D eigenvalue weighted by Crippen LogP contribution is 2.49. The number of benzene rings is 2. The normalized spacial score (nSPS) is 19.9. The van der Waals surface area contributed by atoms with E-state index in [-0.39, 0.29) is 33.5 Å². The number of aromatic hydroxyl groups is 1. The van der Waals surface area contributed by atoms with Gasteiger partial charge in [-0.2, -0.15) is 0 Å². The molecule has 0 amide bonds. The second kappa shape index (κ2) is 5.08. The Hall–Kier alpha value is -3.35. The minimum atomic E-state index is -0.500. The van der Waals surface area contributed by atoms with Gasteiger partial charge in [-0.15, -0.1) is 0 Å². The molecule has 1 aromatic heterocycles. The van der Waals surface area contributed by atoms with Gasteiger partial charge in [0.15, 0.2) is 11.3 Å². The molecular weight excluding hydrogens is 340 g/mol. The molecule has 0 fully saturated rings. The highest BCUT2D eigenvalue weighted by molar-refractivity contribution is 6.00. The monoisotopic (exact) mass is 354 g/mol. The highest BCUT2D eigenvalue weighted by Gasteiger charge is 2.41. The maximum atomic E-state index is 13.3. The summed E-state index contributed by atoms with van der Waals surface area (Å²) >= 11 is 0. The molecule has 0 bridgehead atoms. The van der Waals surface area contributed by atoms with E-state index in [1.165, 1.54) is 26.4 Å². The number of methoxy groups -OCH3 is 2. The van der Waals surface area contributed by atoms with Gasteiger partial charge < -0.3 is 28.5 Å². The van der Waals surface area contributed by atoms with E-state index < -0.39 is 6.29 Å². The standard InChI is InChI=1S/C19H14O7/c1-22-10-4-3-9(20)17-14(10)16(21)15-11(23-2)7-12-13(18(15)26-17)8-5-6-24-19(8)25-12/h3-8,19-20H,1-2H3/t8-,19-/m0/s1. The molecule has 7 nitrogen and oxygen atoms in total. The van der Waals surface area contributed by atoms with Crippen molar-refractivity contribution < 1.29 is 28.5 Å². The zero-order valence-corrected chi connectivity index (χ0v) is 13.9. The summed E-state index contributed by atoms with van der Waals surface area (Å²) in [6, 6.07) is 4.60. The average molecular weight is 354 g/mol. The van der Waals surface area contributed by atoms with Gasteiger partial charge in [0.1, 0.15) is 33.6 Å². The molecule has 2 aliphatic heterocycles. The lowest BCUT2D eigenvalue weighted by Crippen LogP contribution is -2.14. The van der Waals surface area contributed by atoms with E-state index in [1.54, 1.807) is 12.3 Å². The number of rotatable bonds is 2. The van der Waals surface area contributed by atoms with Gasteiger partial charge in [-0.05, 0) is 18.2 Å². The lowest BCUT2D eigenvalue weighted by atomic mass is 9.97. The van der Waals surface area contributed by atoms with Crippen molar-refractivity contribution in [1.29, 1.82) is 0 Å². The van der Waals surface area contributed by atoms with E-state index in [0.717, 1.165) is 0 Å². The number of fused-ring (bicyclic) bond motifs is 6. The maximum absolute atomic E-state index is 13.3. The maximum Gasteiger partial charge on any atom is 0.250 e. The Morgan fingerprint density at radius 1 is 1.08 bits per heavy atom. The van der Waals surface area contributed by atoms with Gasteiger partial charge in [0.2, 0.25) is 5.43 Å². The van der Waals surface area contributed by atoms with Crippen molar-refractivity contribution >= 4 is 21.9 Å². The minimum Gasteiger partial charge on any atom is -0.504 e. The summed E-state index contributed by atoms with van der Waals surface area (Å²) in [5.74, 6) is 0.813. The fourth-order valence-electron chi connectivity index (χ4n) is 3.63. The van der Waals surface area contributed by atoms with Crippen LogP contribution in [0.5, 0.6) is 23.0 Å². The van der Waals surface area contributed by atoms with Crippen LogP contribution in [-0.2, 0) is 4.74 Å². The van der Waals surface area contributed by atoms with E-state index in [2.05, 4.69) is 0 Å². The molecule has 0 unspecified atom stereocenters. The first-order valence-corrected chi connectivity index (χ1v) is 8.00. The summed E-state index contributed by atoms with van der Waals surface area (Å²) in [5.41, 5.74) is 0.715. The molecule has 0 spiro atoms. The molecule has 1 N–H and O–H groups in total. The van der Waals surface area contributed by atoms with Crippen LogP contribution in [0.1, 0.15) is 11.5 Å². The molecule has 2 atom stereocenters. The topological polar surface area (TPSA) is 87.4 Å². The van der Waals surface area contributed by atoms with Gasteiger partial charge in [0.25, 0.3) is 6.29 Å². The zero-order valence-electron chi connectivity index (χ0n) is 13.9. The molecule has 7 heteroatoms. The molecule has 132 valence electrons. The van der Waals surface area contributed by atoms with E-state index in [1.807, 2.05) is 6.08 Å². The second-order valence-corrected chi connectivity index (χ2v) is 6.09. The quantitative estimate of drug-likeness (QED) is 0.708. The Morgan fingerprint density at radius 2 is 1.85 bits per heavy atom. The molecule has 0 saturated heterocycles. The van der Waals surface area contributed by atoms with Gasteiger partial charge in [-0.1, -0.05) is 0 Å². The van der Waals surface area contributed by atoms with E-state index >= 15 is 0 Å². The van der Waals surface area contributed by atoms with E-state index in [4.69, 9.17) is 23.4 Å². The Bertz CT molecular complexity index is 1160. The summed E-state index contributed by atoms with van der Waals surface area (Å²) in [6.45, 7) is 0. The van der Waals surface area contributed by atoms with Crippen LogP contribution in [0.15, 0.2) is 39.7 Å². The van der Waals surface area contributed by atoms with Crippen molar-refractivity contribution in [3.8, 4) is 23.0 Å². The largest absolute Gasteiger partial charge is 0.504 e. The van der Waals surface area contributed by atoms with Crippen LogP contribution < -0.4 is 19.6 Å².